The van der Waals surface area contributed by atoms with Crippen LogP contribution in [0.25, 0.3) is 0 Å². The molecule has 0 aliphatic carbocycles. The first-order valence-corrected chi connectivity index (χ1v) is 7.31. The molecule has 1 saturated heterocycles. The molecule has 0 spiro atoms. The summed E-state index contributed by atoms with van der Waals surface area (Å²) < 4.78 is 5.33. The predicted octanol–water partition coefficient (Wildman–Crippen LogP) is 2.18. The van der Waals surface area contributed by atoms with E-state index in [-0.39, 0.29) is 0 Å². The highest BCUT2D eigenvalue weighted by Gasteiger charge is 2.28. The van der Waals surface area contributed by atoms with Gasteiger partial charge in [0.1, 0.15) is 0 Å². The molecule has 0 radical (unpaired) electrons. The van der Waals surface area contributed by atoms with Crippen LogP contribution in [0.1, 0.15) is 36.2 Å². The molecule has 0 unspecified atom stereocenters. The van der Waals surface area contributed by atoms with Crippen LogP contribution in [0.3, 0.4) is 0 Å². The number of anilines is 1. The number of pyridine rings is 1. The monoisotopic (exact) mass is 287 g/mol. The van der Waals surface area contributed by atoms with Gasteiger partial charge in [0.05, 0.1) is 18.3 Å². The molecular formula is C15H21N5O. The van der Waals surface area contributed by atoms with Crippen molar-refractivity contribution >= 4 is 5.95 Å². The van der Waals surface area contributed by atoms with Crippen LogP contribution in [0.5, 0.6) is 0 Å². The highest BCUT2D eigenvalue weighted by atomic mass is 16.5. The van der Waals surface area contributed by atoms with Crippen LogP contribution in [0.15, 0.2) is 22.7 Å². The molecule has 0 N–H and O–H groups in total. The second kappa shape index (κ2) is 5.81. The van der Waals surface area contributed by atoms with Crippen LogP contribution < -0.4 is 4.90 Å². The van der Waals surface area contributed by atoms with E-state index in [1.165, 1.54) is 6.42 Å². The van der Waals surface area contributed by atoms with E-state index in [4.69, 9.17) is 4.52 Å². The van der Waals surface area contributed by atoms with Gasteiger partial charge in [-0.1, -0.05) is 6.07 Å². The number of likely N-dealkylation sites (tertiary alicyclic amines) is 1. The number of nitrogens with zero attached hydrogens (tertiary/aromatic N) is 5. The van der Waals surface area contributed by atoms with Gasteiger partial charge in [0.15, 0.2) is 0 Å². The number of aromatic nitrogens is 3. The van der Waals surface area contributed by atoms with E-state index < -0.39 is 0 Å². The maximum atomic E-state index is 5.33. The topological polar surface area (TPSA) is 58.3 Å². The van der Waals surface area contributed by atoms with Crippen LogP contribution in [0, 0.1) is 6.92 Å². The van der Waals surface area contributed by atoms with E-state index in [1.54, 1.807) is 0 Å². The summed E-state index contributed by atoms with van der Waals surface area (Å²) in [5, 5.41) is 3.97. The molecule has 112 valence electrons. The minimum absolute atomic E-state index is 0.347. The summed E-state index contributed by atoms with van der Waals surface area (Å²) in [6, 6.07) is 6.56. The van der Waals surface area contributed by atoms with E-state index in [1.807, 2.05) is 32.0 Å². The highest BCUT2D eigenvalue weighted by Crippen LogP contribution is 2.32. The zero-order valence-electron chi connectivity index (χ0n) is 12.8. The second-order valence-electron chi connectivity index (χ2n) is 5.71. The third-order valence-corrected chi connectivity index (χ3v) is 3.81. The van der Waals surface area contributed by atoms with Crippen molar-refractivity contribution in [2.45, 2.75) is 32.4 Å². The van der Waals surface area contributed by atoms with Crippen LogP contribution in [0.4, 0.5) is 5.95 Å². The predicted molar refractivity (Wildman–Crippen MR) is 80.0 cm³/mol. The van der Waals surface area contributed by atoms with Crippen LogP contribution in [-0.2, 0) is 6.54 Å². The Morgan fingerprint density at radius 2 is 2.19 bits per heavy atom. The van der Waals surface area contributed by atoms with Gasteiger partial charge >= 0.3 is 0 Å². The summed E-state index contributed by atoms with van der Waals surface area (Å²) in [7, 11) is 3.81. The van der Waals surface area contributed by atoms with Crippen LogP contribution in [-0.4, -0.2) is 40.7 Å². The Bertz CT molecular complexity index is 610. The summed E-state index contributed by atoms with van der Waals surface area (Å²) in [5.74, 6) is 1.28. The molecule has 1 aliphatic heterocycles. The lowest BCUT2D eigenvalue weighted by molar-refractivity contribution is 0.209. The molecular weight excluding hydrogens is 266 g/mol. The maximum absolute atomic E-state index is 5.33. The Hall–Kier alpha value is -1.95. The minimum atomic E-state index is 0.347. The molecule has 2 aromatic rings. The molecule has 1 atom stereocenters. The van der Waals surface area contributed by atoms with Crippen molar-refractivity contribution in [2.24, 2.45) is 0 Å². The first kappa shape index (κ1) is 14.0. The number of rotatable bonds is 4. The summed E-state index contributed by atoms with van der Waals surface area (Å²) in [4.78, 5) is 13.3. The zero-order valence-corrected chi connectivity index (χ0v) is 12.8. The van der Waals surface area contributed by atoms with Gasteiger partial charge in [-0.05, 0) is 43.6 Å². The van der Waals surface area contributed by atoms with Gasteiger partial charge in [-0.15, -0.1) is 0 Å². The normalized spacial score (nSPS) is 19.1. The van der Waals surface area contributed by atoms with Gasteiger partial charge in [0.2, 0.25) is 5.89 Å². The van der Waals surface area contributed by atoms with Crippen molar-refractivity contribution in [2.75, 3.05) is 25.5 Å². The minimum Gasteiger partial charge on any atom is -0.344 e. The first-order valence-electron chi connectivity index (χ1n) is 7.31. The van der Waals surface area contributed by atoms with Crippen molar-refractivity contribution < 1.29 is 4.52 Å². The SMILES string of the molecule is Cc1cccc([C@H]2CCCN2Cc2nc(N(C)C)no2)n1. The lowest BCUT2D eigenvalue weighted by atomic mass is 10.1. The lowest BCUT2D eigenvalue weighted by Crippen LogP contribution is -2.23. The largest absolute Gasteiger partial charge is 0.344 e. The summed E-state index contributed by atoms with van der Waals surface area (Å²) >= 11 is 0. The Morgan fingerprint density at radius 1 is 1.33 bits per heavy atom. The molecule has 0 amide bonds. The molecule has 6 heteroatoms. The summed E-state index contributed by atoms with van der Waals surface area (Å²) in [6.45, 7) is 3.76. The fourth-order valence-corrected chi connectivity index (χ4v) is 2.77. The van der Waals surface area contributed by atoms with Crippen molar-refractivity contribution in [1.29, 1.82) is 0 Å². The fourth-order valence-electron chi connectivity index (χ4n) is 2.77. The molecule has 3 rings (SSSR count). The molecule has 3 heterocycles. The highest BCUT2D eigenvalue weighted by molar-refractivity contribution is 5.23. The van der Waals surface area contributed by atoms with Gasteiger partial charge in [-0.25, -0.2) is 0 Å². The fraction of sp³-hybridized carbons (Fsp3) is 0.533. The Labute approximate surface area is 124 Å². The van der Waals surface area contributed by atoms with Crippen LogP contribution >= 0.6 is 0 Å². The molecule has 21 heavy (non-hydrogen) atoms. The molecule has 2 aromatic heterocycles. The van der Waals surface area contributed by atoms with E-state index in [0.29, 0.717) is 24.4 Å². The van der Waals surface area contributed by atoms with Crippen molar-refractivity contribution in [3.8, 4) is 0 Å². The molecule has 0 saturated carbocycles. The van der Waals surface area contributed by atoms with Crippen molar-refractivity contribution in [3.63, 3.8) is 0 Å². The lowest BCUT2D eigenvalue weighted by Gasteiger charge is -2.22. The van der Waals surface area contributed by atoms with Gasteiger partial charge in [0, 0.05) is 19.8 Å². The standard InChI is InChI=1S/C15H21N5O/c1-11-6-4-7-12(16-11)13-8-5-9-20(13)10-14-17-15(18-21-14)19(2)3/h4,6-7,13H,5,8-10H2,1-3H3/t13-/m1/s1. The van der Waals surface area contributed by atoms with Gasteiger partial charge in [0.25, 0.3) is 5.95 Å². The molecule has 6 nitrogen and oxygen atoms in total. The quantitative estimate of drug-likeness (QED) is 0.859. The maximum Gasteiger partial charge on any atom is 0.265 e. The summed E-state index contributed by atoms with van der Waals surface area (Å²) in [6.07, 6.45) is 2.31. The van der Waals surface area contributed by atoms with E-state index >= 15 is 0 Å². The van der Waals surface area contributed by atoms with Crippen LogP contribution in [0.2, 0.25) is 0 Å². The van der Waals surface area contributed by atoms with Crippen molar-refractivity contribution in [3.05, 3.63) is 35.5 Å². The van der Waals surface area contributed by atoms with Gasteiger partial charge < -0.3 is 9.42 Å². The smallest absolute Gasteiger partial charge is 0.265 e. The number of hydrogen-bond donors (Lipinski definition) is 0. The van der Waals surface area contributed by atoms with Crippen molar-refractivity contribution in [1.82, 2.24) is 20.0 Å². The average Bonchev–Trinajstić information content (AvgIpc) is 3.08. The first-order chi connectivity index (χ1) is 10.1. The average molecular weight is 287 g/mol. The summed E-state index contributed by atoms with van der Waals surface area (Å²) in [5.41, 5.74) is 2.20. The van der Waals surface area contributed by atoms with E-state index in [9.17, 15) is 0 Å². The Kier molecular flexibility index (Phi) is 3.88. The van der Waals surface area contributed by atoms with Gasteiger partial charge in [-0.2, -0.15) is 4.98 Å². The van der Waals surface area contributed by atoms with E-state index in [2.05, 4.69) is 32.2 Å². The second-order valence-corrected chi connectivity index (χ2v) is 5.71. The molecule has 0 bridgehead atoms. The Balaban J connectivity index is 1.74. The third-order valence-electron chi connectivity index (χ3n) is 3.81. The number of aryl methyl sites for hydroxylation is 1. The number of hydrogen-bond acceptors (Lipinski definition) is 6. The molecule has 0 aromatic carbocycles. The van der Waals surface area contributed by atoms with E-state index in [0.717, 1.165) is 24.4 Å². The molecule has 1 aliphatic rings. The zero-order chi connectivity index (χ0) is 14.8. The Morgan fingerprint density at radius 3 is 2.90 bits per heavy atom. The van der Waals surface area contributed by atoms with Gasteiger partial charge in [-0.3, -0.25) is 9.88 Å². The third kappa shape index (κ3) is 3.05. The molecule has 1 fully saturated rings.